The largest absolute Gasteiger partial charge is 0.497 e. The predicted molar refractivity (Wildman–Crippen MR) is 103 cm³/mol. The third-order valence-corrected chi connectivity index (χ3v) is 5.17. The molecule has 0 saturated carbocycles. The first kappa shape index (κ1) is 20.0. The summed E-state index contributed by atoms with van der Waals surface area (Å²) in [6.07, 6.45) is 1.75. The molecule has 8 nitrogen and oxygen atoms in total. The first-order valence-electron chi connectivity index (χ1n) is 9.68. The van der Waals surface area contributed by atoms with Crippen LogP contribution in [0.5, 0.6) is 5.75 Å². The van der Waals surface area contributed by atoms with Gasteiger partial charge in [-0.3, -0.25) is 9.59 Å². The summed E-state index contributed by atoms with van der Waals surface area (Å²) in [5.74, 6) is 0.169. The molecule has 28 heavy (non-hydrogen) atoms. The molecule has 3 rings (SSSR count). The number of urea groups is 1. The number of nitrogens with one attached hydrogen (secondary N) is 1. The fraction of sp³-hybridized carbons (Fsp3) is 0.550. The number of likely N-dealkylation sites (tertiary alicyclic amines) is 1. The molecule has 0 spiro atoms. The molecule has 1 aromatic rings. The summed E-state index contributed by atoms with van der Waals surface area (Å²) in [5.41, 5.74) is 0.780. The van der Waals surface area contributed by atoms with E-state index in [1.54, 1.807) is 36.0 Å². The van der Waals surface area contributed by atoms with Crippen molar-refractivity contribution in [2.45, 2.75) is 32.2 Å². The molecule has 2 aliphatic heterocycles. The average molecular weight is 389 g/mol. The van der Waals surface area contributed by atoms with Crippen LogP contribution in [0.2, 0.25) is 0 Å². The molecule has 2 saturated heterocycles. The highest BCUT2D eigenvalue weighted by Gasteiger charge is 2.34. The number of esters is 1. The molecule has 1 N–H and O–H groups in total. The minimum atomic E-state index is -0.277. The third kappa shape index (κ3) is 4.55. The Bertz CT molecular complexity index is 721. The lowest BCUT2D eigenvalue weighted by Crippen LogP contribution is -2.50. The van der Waals surface area contributed by atoms with Gasteiger partial charge in [-0.05, 0) is 44.0 Å². The number of ether oxygens (including phenoxy) is 2. The summed E-state index contributed by atoms with van der Waals surface area (Å²) in [6.45, 7) is 3.49. The smallest absolute Gasteiger partial charge is 0.317 e. The van der Waals surface area contributed by atoms with Gasteiger partial charge in [0, 0.05) is 31.7 Å². The van der Waals surface area contributed by atoms with E-state index in [0.717, 1.165) is 24.3 Å². The van der Waals surface area contributed by atoms with E-state index in [2.05, 4.69) is 5.32 Å². The Morgan fingerprint density at radius 3 is 2.64 bits per heavy atom. The second kappa shape index (κ2) is 8.95. The quantitative estimate of drug-likeness (QED) is 0.776. The van der Waals surface area contributed by atoms with Crippen LogP contribution in [0.15, 0.2) is 24.3 Å². The van der Waals surface area contributed by atoms with Gasteiger partial charge in [0.05, 0.1) is 25.7 Å². The Balaban J connectivity index is 1.55. The SMILES string of the molecule is CCOC(=O)[C@@H]1CCCN(C(=O)N[C@H]2CC(=O)N(c3ccc(OC)cc3)C2)C1. The van der Waals surface area contributed by atoms with Crippen LogP contribution < -0.4 is 15.0 Å². The van der Waals surface area contributed by atoms with Crippen LogP contribution in [0.3, 0.4) is 0 Å². The van der Waals surface area contributed by atoms with Crippen LogP contribution in [0, 0.1) is 5.92 Å². The Hall–Kier alpha value is -2.77. The minimum Gasteiger partial charge on any atom is -0.497 e. The topological polar surface area (TPSA) is 88.2 Å². The van der Waals surface area contributed by atoms with Crippen LogP contribution in [-0.2, 0) is 14.3 Å². The first-order valence-corrected chi connectivity index (χ1v) is 9.68. The molecular weight excluding hydrogens is 362 g/mol. The summed E-state index contributed by atoms with van der Waals surface area (Å²) in [4.78, 5) is 40.3. The van der Waals surface area contributed by atoms with E-state index in [0.29, 0.717) is 26.2 Å². The molecule has 2 heterocycles. The van der Waals surface area contributed by atoms with Gasteiger partial charge in [-0.15, -0.1) is 0 Å². The molecule has 0 aromatic heterocycles. The summed E-state index contributed by atoms with van der Waals surface area (Å²) < 4.78 is 10.2. The number of anilines is 1. The lowest BCUT2D eigenvalue weighted by molar-refractivity contribution is -0.149. The number of carbonyl (C=O) groups excluding carboxylic acids is 3. The number of hydrogen-bond acceptors (Lipinski definition) is 5. The molecule has 8 heteroatoms. The predicted octanol–water partition coefficient (Wildman–Crippen LogP) is 1.79. The molecule has 0 unspecified atom stereocenters. The zero-order valence-corrected chi connectivity index (χ0v) is 16.3. The number of benzene rings is 1. The lowest BCUT2D eigenvalue weighted by atomic mass is 9.98. The molecule has 2 atom stereocenters. The molecule has 2 fully saturated rings. The minimum absolute atomic E-state index is 0.0292. The zero-order valence-electron chi connectivity index (χ0n) is 16.3. The van der Waals surface area contributed by atoms with Crippen LogP contribution in [-0.4, -0.2) is 62.2 Å². The van der Waals surface area contributed by atoms with Gasteiger partial charge in [-0.25, -0.2) is 4.79 Å². The molecule has 0 aliphatic carbocycles. The van der Waals surface area contributed by atoms with Crippen LogP contribution in [0.4, 0.5) is 10.5 Å². The number of hydrogen-bond donors (Lipinski definition) is 1. The highest BCUT2D eigenvalue weighted by Crippen LogP contribution is 2.24. The monoisotopic (exact) mass is 389 g/mol. The van der Waals surface area contributed by atoms with Gasteiger partial charge in [-0.2, -0.15) is 0 Å². The molecule has 3 amide bonds. The van der Waals surface area contributed by atoms with Gasteiger partial charge in [0.25, 0.3) is 0 Å². The van der Waals surface area contributed by atoms with Crippen LogP contribution in [0.1, 0.15) is 26.2 Å². The van der Waals surface area contributed by atoms with Crippen molar-refractivity contribution in [3.63, 3.8) is 0 Å². The van der Waals surface area contributed by atoms with Gasteiger partial charge in [0.1, 0.15) is 5.75 Å². The van der Waals surface area contributed by atoms with E-state index < -0.39 is 0 Å². The third-order valence-electron chi connectivity index (χ3n) is 5.17. The number of nitrogens with zero attached hydrogens (tertiary/aromatic N) is 2. The zero-order chi connectivity index (χ0) is 20.1. The first-order chi connectivity index (χ1) is 13.5. The van der Waals surface area contributed by atoms with E-state index in [1.165, 1.54) is 0 Å². The van der Waals surface area contributed by atoms with E-state index >= 15 is 0 Å². The lowest BCUT2D eigenvalue weighted by Gasteiger charge is -2.32. The van der Waals surface area contributed by atoms with Crippen molar-refractivity contribution in [2.24, 2.45) is 5.92 Å². The van der Waals surface area contributed by atoms with Crippen molar-refractivity contribution in [1.82, 2.24) is 10.2 Å². The fourth-order valence-electron chi connectivity index (χ4n) is 3.70. The second-order valence-corrected chi connectivity index (χ2v) is 7.09. The Kier molecular flexibility index (Phi) is 6.38. The van der Waals surface area contributed by atoms with Gasteiger partial charge in [0.15, 0.2) is 0 Å². The highest BCUT2D eigenvalue weighted by molar-refractivity contribution is 5.96. The van der Waals surface area contributed by atoms with Gasteiger partial charge in [0.2, 0.25) is 5.91 Å². The molecule has 1 aromatic carbocycles. The maximum Gasteiger partial charge on any atom is 0.317 e. The van der Waals surface area contributed by atoms with Crippen LogP contribution in [0.25, 0.3) is 0 Å². The molecule has 2 aliphatic rings. The maximum absolute atomic E-state index is 12.6. The number of methoxy groups -OCH3 is 1. The summed E-state index contributed by atoms with van der Waals surface area (Å²) in [6, 6.07) is 6.77. The summed E-state index contributed by atoms with van der Waals surface area (Å²) in [7, 11) is 1.59. The van der Waals surface area contributed by atoms with Gasteiger partial charge >= 0.3 is 12.0 Å². The Morgan fingerprint density at radius 1 is 1.21 bits per heavy atom. The maximum atomic E-state index is 12.6. The number of rotatable bonds is 5. The summed E-state index contributed by atoms with van der Waals surface area (Å²) in [5, 5.41) is 2.94. The fourth-order valence-corrected chi connectivity index (χ4v) is 3.70. The highest BCUT2D eigenvalue weighted by atomic mass is 16.5. The Morgan fingerprint density at radius 2 is 1.96 bits per heavy atom. The normalized spacial score (nSPS) is 22.1. The van der Waals surface area contributed by atoms with Gasteiger partial charge in [-0.1, -0.05) is 0 Å². The number of piperidine rings is 1. The molecule has 152 valence electrons. The van der Waals surface area contributed by atoms with Crippen molar-refractivity contribution in [1.29, 1.82) is 0 Å². The Labute approximate surface area is 164 Å². The number of carbonyl (C=O) groups is 3. The standard InChI is InChI=1S/C20H27N3O5/c1-3-28-19(25)14-5-4-10-22(12-14)20(26)21-15-11-18(24)23(13-15)16-6-8-17(27-2)9-7-16/h6-9,14-15H,3-5,10-13H2,1-2H3,(H,21,26)/t14-,15+/m1/s1. The number of amides is 3. The van der Waals surface area contributed by atoms with E-state index in [-0.39, 0.29) is 36.3 Å². The molecule has 0 radical (unpaired) electrons. The van der Waals surface area contributed by atoms with Crippen molar-refractivity contribution in [3.8, 4) is 5.75 Å². The van der Waals surface area contributed by atoms with Crippen LogP contribution >= 0.6 is 0 Å². The summed E-state index contributed by atoms with van der Waals surface area (Å²) >= 11 is 0. The van der Waals surface area contributed by atoms with Crippen molar-refractivity contribution >= 4 is 23.6 Å². The van der Waals surface area contributed by atoms with E-state index in [1.807, 2.05) is 12.1 Å². The van der Waals surface area contributed by atoms with Gasteiger partial charge < -0.3 is 24.6 Å². The average Bonchev–Trinajstić information content (AvgIpc) is 3.08. The van der Waals surface area contributed by atoms with Crippen molar-refractivity contribution < 1.29 is 23.9 Å². The van der Waals surface area contributed by atoms with E-state index in [4.69, 9.17) is 9.47 Å². The van der Waals surface area contributed by atoms with E-state index in [9.17, 15) is 14.4 Å². The van der Waals surface area contributed by atoms with Crippen molar-refractivity contribution in [3.05, 3.63) is 24.3 Å². The molecule has 0 bridgehead atoms. The molecular formula is C20H27N3O5. The second-order valence-electron chi connectivity index (χ2n) is 7.09. The van der Waals surface area contributed by atoms with Crippen molar-refractivity contribution in [2.75, 3.05) is 38.3 Å².